The minimum absolute atomic E-state index is 0.433. The summed E-state index contributed by atoms with van der Waals surface area (Å²) in [5.41, 5.74) is 0.568. The Balaban J connectivity index is 1.89. The van der Waals surface area contributed by atoms with E-state index in [1.165, 1.54) is 0 Å². The van der Waals surface area contributed by atoms with Crippen LogP contribution in [0.1, 0.15) is 36.1 Å². The van der Waals surface area contributed by atoms with Crippen molar-refractivity contribution in [1.82, 2.24) is 0 Å². The predicted octanol–water partition coefficient (Wildman–Crippen LogP) is 5.02. The zero-order valence-corrected chi connectivity index (χ0v) is 13.0. The van der Waals surface area contributed by atoms with Crippen LogP contribution in [-0.2, 0) is 4.74 Å². The van der Waals surface area contributed by atoms with Crippen LogP contribution >= 0.6 is 0 Å². The zero-order chi connectivity index (χ0) is 17.7. The van der Waals surface area contributed by atoms with Crippen molar-refractivity contribution in [2.24, 2.45) is 5.92 Å². The molecule has 7 heteroatoms. The molecule has 0 aromatic heterocycles. The number of hydrogen-bond acceptors (Lipinski definition) is 2. The molecule has 2 aliphatic rings. The van der Waals surface area contributed by atoms with Crippen molar-refractivity contribution in [2.45, 2.75) is 25.0 Å². The van der Waals surface area contributed by atoms with E-state index in [0.29, 0.717) is 25.1 Å². The van der Waals surface area contributed by atoms with Crippen LogP contribution in [0.2, 0.25) is 0 Å². The molecule has 1 fully saturated rings. The third-order valence-corrected chi connectivity index (χ3v) is 4.93. The van der Waals surface area contributed by atoms with Crippen LogP contribution in [0.4, 0.5) is 27.6 Å². The normalized spacial score (nSPS) is 25.1. The largest absolute Gasteiger partial charge is 0.377 e. The fourth-order valence-electron chi connectivity index (χ4n) is 3.80. The maximum atomic E-state index is 14.3. The van der Waals surface area contributed by atoms with Gasteiger partial charge in [-0.1, -0.05) is 18.2 Å². The summed E-state index contributed by atoms with van der Waals surface area (Å²) in [4.78, 5) is 0. The molecule has 1 saturated heterocycles. The second-order valence-corrected chi connectivity index (χ2v) is 6.29. The summed E-state index contributed by atoms with van der Waals surface area (Å²) in [5.74, 6) is -10.0. The Morgan fingerprint density at radius 3 is 2.24 bits per heavy atom. The first-order chi connectivity index (χ1) is 12.0. The minimum atomic E-state index is -2.15. The molecule has 0 radical (unpaired) electrons. The molecule has 0 unspecified atom stereocenters. The molecule has 2 aromatic rings. The van der Waals surface area contributed by atoms with E-state index in [9.17, 15) is 22.0 Å². The van der Waals surface area contributed by atoms with Crippen LogP contribution < -0.4 is 5.32 Å². The second-order valence-electron chi connectivity index (χ2n) is 6.29. The quantitative estimate of drug-likeness (QED) is 0.441. The lowest BCUT2D eigenvalue weighted by Gasteiger charge is -2.43. The number of hydrogen-bond donors (Lipinski definition) is 1. The fourth-order valence-corrected chi connectivity index (χ4v) is 3.80. The summed E-state index contributed by atoms with van der Waals surface area (Å²) in [7, 11) is 0. The Morgan fingerprint density at radius 1 is 0.880 bits per heavy atom. The van der Waals surface area contributed by atoms with Gasteiger partial charge >= 0.3 is 0 Å². The lowest BCUT2D eigenvalue weighted by molar-refractivity contribution is -0.0389. The highest BCUT2D eigenvalue weighted by Crippen LogP contribution is 2.50. The van der Waals surface area contributed by atoms with Crippen LogP contribution in [0.15, 0.2) is 24.3 Å². The van der Waals surface area contributed by atoms with Crippen molar-refractivity contribution in [1.29, 1.82) is 0 Å². The maximum Gasteiger partial charge on any atom is 0.200 e. The van der Waals surface area contributed by atoms with Crippen molar-refractivity contribution in [3.63, 3.8) is 0 Å². The highest BCUT2D eigenvalue weighted by atomic mass is 19.2. The first-order valence-electron chi connectivity index (χ1n) is 7.99. The Kier molecular flexibility index (Phi) is 3.91. The van der Waals surface area contributed by atoms with Crippen molar-refractivity contribution in [3.05, 3.63) is 64.5 Å². The zero-order valence-electron chi connectivity index (χ0n) is 13.0. The minimum Gasteiger partial charge on any atom is -0.377 e. The third kappa shape index (κ3) is 2.40. The van der Waals surface area contributed by atoms with Gasteiger partial charge in [0.25, 0.3) is 0 Å². The summed E-state index contributed by atoms with van der Waals surface area (Å²) >= 11 is 0. The van der Waals surface area contributed by atoms with E-state index in [1.807, 2.05) is 12.1 Å². The van der Waals surface area contributed by atoms with Gasteiger partial charge in [0.05, 0.1) is 17.7 Å². The van der Waals surface area contributed by atoms with Gasteiger partial charge in [0.2, 0.25) is 5.82 Å². The maximum absolute atomic E-state index is 14.3. The lowest BCUT2D eigenvalue weighted by atomic mass is 9.77. The predicted molar refractivity (Wildman–Crippen MR) is 80.5 cm³/mol. The summed E-state index contributed by atoms with van der Waals surface area (Å²) in [6.45, 7) is 0.485. The van der Waals surface area contributed by atoms with Gasteiger partial charge in [0.1, 0.15) is 0 Å². The molecule has 2 heterocycles. The standard InChI is InChI=1S/C18H14F5NO/c19-12-11(13(20)15(22)16(23)14(12)21)17-9-5-3-7-25-18(9)8-4-1-2-6-10(8)24-17/h1-2,4,6,9,17-18,24H,3,5,7H2/t9-,17-,18+/m0/s1. The van der Waals surface area contributed by atoms with E-state index in [1.54, 1.807) is 12.1 Å². The molecule has 0 spiro atoms. The molecular weight excluding hydrogens is 341 g/mol. The van der Waals surface area contributed by atoms with Gasteiger partial charge in [-0.3, -0.25) is 0 Å². The van der Waals surface area contributed by atoms with Crippen LogP contribution in [-0.4, -0.2) is 6.61 Å². The number of nitrogens with one attached hydrogen (secondary N) is 1. The van der Waals surface area contributed by atoms with Crippen molar-refractivity contribution < 1.29 is 26.7 Å². The summed E-state index contributed by atoms with van der Waals surface area (Å²) in [6.07, 6.45) is 0.749. The van der Waals surface area contributed by atoms with Crippen LogP contribution in [0, 0.1) is 35.0 Å². The molecule has 0 amide bonds. The Labute approximate surface area is 140 Å². The second kappa shape index (κ2) is 5.98. The van der Waals surface area contributed by atoms with Crippen LogP contribution in [0.5, 0.6) is 0 Å². The van der Waals surface area contributed by atoms with Gasteiger partial charge in [0.15, 0.2) is 23.3 Å². The number of rotatable bonds is 1. The Morgan fingerprint density at radius 2 is 1.52 bits per heavy atom. The summed E-state index contributed by atoms with van der Waals surface area (Å²) in [5, 5.41) is 2.95. The van der Waals surface area contributed by atoms with Crippen molar-refractivity contribution in [2.75, 3.05) is 11.9 Å². The molecule has 0 saturated carbocycles. The highest BCUT2D eigenvalue weighted by Gasteiger charge is 2.43. The summed E-state index contributed by atoms with van der Waals surface area (Å²) in [6, 6.07) is 6.01. The molecule has 4 rings (SSSR count). The number of fused-ring (bicyclic) bond motifs is 3. The molecule has 132 valence electrons. The Hall–Kier alpha value is -2.15. The molecule has 3 atom stereocenters. The molecule has 25 heavy (non-hydrogen) atoms. The van der Waals surface area contributed by atoms with Gasteiger partial charge in [-0.25, -0.2) is 22.0 Å². The number of halogens is 5. The molecule has 2 aliphatic heterocycles. The third-order valence-electron chi connectivity index (χ3n) is 4.93. The van der Waals surface area contributed by atoms with Gasteiger partial charge < -0.3 is 10.1 Å². The fraction of sp³-hybridized carbons (Fsp3) is 0.333. The first-order valence-corrected chi connectivity index (χ1v) is 7.99. The molecule has 2 nitrogen and oxygen atoms in total. The number of ether oxygens (including phenoxy) is 1. The smallest absolute Gasteiger partial charge is 0.200 e. The lowest BCUT2D eigenvalue weighted by Crippen LogP contribution is -2.37. The van der Waals surface area contributed by atoms with Gasteiger partial charge in [0, 0.05) is 23.8 Å². The van der Waals surface area contributed by atoms with Crippen LogP contribution in [0.3, 0.4) is 0 Å². The topological polar surface area (TPSA) is 21.3 Å². The number of para-hydroxylation sites is 1. The monoisotopic (exact) mass is 355 g/mol. The van der Waals surface area contributed by atoms with E-state index in [4.69, 9.17) is 4.74 Å². The van der Waals surface area contributed by atoms with E-state index in [2.05, 4.69) is 5.32 Å². The van der Waals surface area contributed by atoms with Gasteiger partial charge in [-0.05, 0) is 18.9 Å². The molecule has 0 bridgehead atoms. The van der Waals surface area contributed by atoms with E-state index < -0.39 is 52.7 Å². The molecule has 1 N–H and O–H groups in total. The number of anilines is 1. The van der Waals surface area contributed by atoms with Crippen molar-refractivity contribution >= 4 is 5.69 Å². The highest BCUT2D eigenvalue weighted by molar-refractivity contribution is 5.57. The Bertz CT molecular complexity index is 811. The van der Waals surface area contributed by atoms with Crippen molar-refractivity contribution in [3.8, 4) is 0 Å². The summed E-state index contributed by atoms with van der Waals surface area (Å²) < 4.78 is 75.1. The van der Waals surface area contributed by atoms with Crippen LogP contribution in [0.25, 0.3) is 0 Å². The van der Waals surface area contributed by atoms with E-state index >= 15 is 0 Å². The van der Waals surface area contributed by atoms with Gasteiger partial charge in [-0.2, -0.15) is 0 Å². The average Bonchev–Trinajstić information content (AvgIpc) is 2.65. The van der Waals surface area contributed by atoms with Gasteiger partial charge in [-0.15, -0.1) is 0 Å². The molecule has 2 aromatic carbocycles. The van der Waals surface area contributed by atoms with E-state index in [0.717, 1.165) is 5.56 Å². The SMILES string of the molecule is Fc1c(F)c(F)c([C@H]2Nc3ccccc3[C@H]3OCCC[C@@H]23)c(F)c1F. The first kappa shape index (κ1) is 16.3. The molecular formula is C18H14F5NO. The molecule has 0 aliphatic carbocycles. The average molecular weight is 355 g/mol. The number of benzene rings is 2. The van der Waals surface area contributed by atoms with E-state index in [-0.39, 0.29) is 0 Å².